The van der Waals surface area contributed by atoms with Crippen LogP contribution >= 0.6 is 15.9 Å². The zero-order valence-electron chi connectivity index (χ0n) is 31.7. The standard InChI is InChI=1S/C35H45BrN4O16S/c1-23(41)49-22-31-32(50-24(2)42)33(51-25(3)43)34(52-26(4)44)35(54-31)53-29-7-5-6-8-30(29)56-57(45,55-28-11-9-27(21-36)10-12-28)39-14-16-47-18-20-48-19-17-46-15-13-38-40-37/h5-12,31-35H,13-22H2,1-4H3/t31?,32-,33-,34+,35+,57?/m0/s1. The van der Waals surface area contributed by atoms with Gasteiger partial charge in [0.15, 0.2) is 23.7 Å². The number of ether oxygens (including phenoxy) is 9. The predicted octanol–water partition coefficient (Wildman–Crippen LogP) is 4.16. The van der Waals surface area contributed by atoms with Crippen LogP contribution in [0.15, 0.2) is 58.0 Å². The first kappa shape index (κ1) is 46.7. The fourth-order valence-corrected chi connectivity index (χ4v) is 6.40. The molecule has 20 nitrogen and oxygen atoms in total. The minimum Gasteiger partial charge on any atom is -0.463 e. The lowest BCUT2D eigenvalue weighted by Gasteiger charge is -2.43. The molecule has 2 aromatic rings. The molecule has 0 spiro atoms. The number of rotatable bonds is 24. The average Bonchev–Trinajstić information content (AvgIpc) is 3.15. The van der Waals surface area contributed by atoms with Crippen molar-refractivity contribution in [1.29, 1.82) is 0 Å². The molecule has 1 aliphatic rings. The number of para-hydroxylation sites is 2. The molecule has 0 aliphatic carbocycles. The van der Waals surface area contributed by atoms with E-state index in [0.29, 0.717) is 18.5 Å². The van der Waals surface area contributed by atoms with Crippen LogP contribution in [0.25, 0.3) is 10.4 Å². The molecule has 1 fully saturated rings. The number of carbonyl (C=O) groups excluding carboxylic acids is 4. The Morgan fingerprint density at radius 1 is 0.737 bits per heavy atom. The Labute approximate surface area is 337 Å². The molecule has 2 aromatic carbocycles. The molecule has 0 radical (unpaired) electrons. The number of nitrogens with zero attached hydrogens (tertiary/aromatic N) is 4. The molecule has 314 valence electrons. The van der Waals surface area contributed by atoms with E-state index in [1.807, 2.05) is 0 Å². The Bertz CT molecular complexity index is 1790. The summed E-state index contributed by atoms with van der Waals surface area (Å²) in [5, 5.41) is 3.94. The molecule has 0 saturated carbocycles. The van der Waals surface area contributed by atoms with Crippen molar-refractivity contribution in [2.24, 2.45) is 9.48 Å². The monoisotopic (exact) mass is 888 g/mol. The summed E-state index contributed by atoms with van der Waals surface area (Å²) in [4.78, 5) is 51.1. The maximum atomic E-state index is 14.3. The SMILES string of the molecule is CC(=O)OCC1O[C@@H](Oc2ccccc2OS(=O)(=NCCOCCOCCOCCN=[N+]=[N-])Oc2ccc(CBr)cc2)[C@H](OC(C)=O)[C@@H](OC(C)=O)[C@H]1OC(C)=O. The first-order chi connectivity index (χ1) is 27.3. The van der Waals surface area contributed by atoms with Crippen molar-refractivity contribution in [3.63, 3.8) is 0 Å². The van der Waals surface area contributed by atoms with Gasteiger partial charge in [-0.1, -0.05) is 45.3 Å². The van der Waals surface area contributed by atoms with Gasteiger partial charge in [0.05, 0.1) is 46.2 Å². The molecule has 0 bridgehead atoms. The van der Waals surface area contributed by atoms with E-state index in [0.717, 1.165) is 33.3 Å². The predicted molar refractivity (Wildman–Crippen MR) is 201 cm³/mol. The maximum absolute atomic E-state index is 14.3. The number of hydrogen-bond acceptors (Lipinski definition) is 18. The van der Waals surface area contributed by atoms with Crippen molar-refractivity contribution >= 4 is 50.1 Å². The maximum Gasteiger partial charge on any atom is 0.388 e. The molecule has 3 rings (SSSR count). The third-order valence-corrected chi connectivity index (χ3v) is 9.08. The third-order valence-electron chi connectivity index (χ3n) is 7.14. The van der Waals surface area contributed by atoms with Crippen molar-refractivity contribution in [1.82, 2.24) is 0 Å². The van der Waals surface area contributed by atoms with Crippen molar-refractivity contribution < 1.29 is 74.4 Å². The minimum atomic E-state index is -4.04. The van der Waals surface area contributed by atoms with E-state index in [1.54, 1.807) is 36.4 Å². The molecule has 2 unspecified atom stereocenters. The summed E-state index contributed by atoms with van der Waals surface area (Å²) in [6.45, 7) is 5.38. The molecule has 22 heteroatoms. The highest BCUT2D eigenvalue weighted by Crippen LogP contribution is 2.35. The van der Waals surface area contributed by atoms with Gasteiger partial charge in [-0.05, 0) is 35.4 Å². The van der Waals surface area contributed by atoms with Crippen LogP contribution in [0.2, 0.25) is 0 Å². The van der Waals surface area contributed by atoms with E-state index < -0.39 is 71.5 Å². The highest BCUT2D eigenvalue weighted by atomic mass is 79.9. The third kappa shape index (κ3) is 17.1. The Kier molecular flexibility index (Phi) is 20.3. The van der Waals surface area contributed by atoms with E-state index in [2.05, 4.69) is 30.3 Å². The lowest BCUT2D eigenvalue weighted by atomic mass is 9.98. The fraction of sp³-hybridized carbons (Fsp3) is 0.543. The summed E-state index contributed by atoms with van der Waals surface area (Å²) < 4.78 is 80.2. The van der Waals surface area contributed by atoms with Crippen LogP contribution in [0.1, 0.15) is 33.3 Å². The summed E-state index contributed by atoms with van der Waals surface area (Å²) in [6, 6.07) is 12.6. The van der Waals surface area contributed by atoms with E-state index in [-0.39, 0.29) is 56.8 Å². The average molecular weight is 890 g/mol. The molecule has 6 atom stereocenters. The second-order valence-electron chi connectivity index (χ2n) is 11.6. The topological polar surface area (TPSA) is 248 Å². The molecule has 57 heavy (non-hydrogen) atoms. The zero-order valence-corrected chi connectivity index (χ0v) is 34.1. The smallest absolute Gasteiger partial charge is 0.388 e. The van der Waals surface area contributed by atoms with Gasteiger partial charge in [0.25, 0.3) is 0 Å². The Balaban J connectivity index is 1.86. The second-order valence-corrected chi connectivity index (χ2v) is 13.7. The first-order valence-electron chi connectivity index (χ1n) is 17.4. The van der Waals surface area contributed by atoms with Crippen LogP contribution in [-0.2, 0) is 72.7 Å². The number of benzene rings is 2. The number of azide groups is 1. The first-order valence-corrected chi connectivity index (χ1v) is 19.9. The van der Waals surface area contributed by atoms with Gasteiger partial charge < -0.3 is 51.0 Å². The highest BCUT2D eigenvalue weighted by molar-refractivity contribution is 9.08. The largest absolute Gasteiger partial charge is 0.463 e. The number of alkyl halides is 1. The van der Waals surface area contributed by atoms with E-state index in [4.69, 9.17) is 56.5 Å². The fourth-order valence-electron chi connectivity index (χ4n) is 4.87. The van der Waals surface area contributed by atoms with Crippen LogP contribution in [-0.4, -0.2) is 118 Å². The number of hydrogen-bond donors (Lipinski definition) is 0. The van der Waals surface area contributed by atoms with Crippen molar-refractivity contribution in [3.05, 3.63) is 64.5 Å². The van der Waals surface area contributed by atoms with Gasteiger partial charge >= 0.3 is 34.2 Å². The number of esters is 4. The number of carbonyl (C=O) groups is 4. The second kappa shape index (κ2) is 24.8. The molecule has 0 aromatic heterocycles. The zero-order chi connectivity index (χ0) is 41.6. The molecule has 1 heterocycles. The van der Waals surface area contributed by atoms with Crippen molar-refractivity contribution in [3.8, 4) is 17.2 Å². The molecule has 1 aliphatic heterocycles. The summed E-state index contributed by atoms with van der Waals surface area (Å²) in [6.07, 6.45) is -7.35. The van der Waals surface area contributed by atoms with Crippen LogP contribution in [0.3, 0.4) is 0 Å². The highest BCUT2D eigenvalue weighted by Gasteiger charge is 2.53. The van der Waals surface area contributed by atoms with Crippen LogP contribution < -0.4 is 13.1 Å². The van der Waals surface area contributed by atoms with E-state index >= 15 is 0 Å². The summed E-state index contributed by atoms with van der Waals surface area (Å²) in [7, 11) is -4.04. The molecular weight excluding hydrogens is 844 g/mol. The van der Waals surface area contributed by atoms with E-state index in [1.165, 1.54) is 12.1 Å². The lowest BCUT2D eigenvalue weighted by molar-refractivity contribution is -0.288. The van der Waals surface area contributed by atoms with Gasteiger partial charge in [-0.25, -0.2) is 0 Å². The van der Waals surface area contributed by atoms with Gasteiger partial charge in [0.2, 0.25) is 12.4 Å². The Morgan fingerprint density at radius 2 is 1.30 bits per heavy atom. The summed E-state index contributed by atoms with van der Waals surface area (Å²) in [5.74, 6) is -3.25. The Morgan fingerprint density at radius 3 is 1.88 bits per heavy atom. The van der Waals surface area contributed by atoms with Gasteiger partial charge in [-0.15, -0.1) is 0 Å². The van der Waals surface area contributed by atoms with Crippen molar-refractivity contribution in [2.75, 3.05) is 59.3 Å². The van der Waals surface area contributed by atoms with E-state index in [9.17, 15) is 23.4 Å². The quantitative estimate of drug-likeness (QED) is 0.0273. The summed E-state index contributed by atoms with van der Waals surface area (Å²) in [5.41, 5.74) is 9.20. The van der Waals surface area contributed by atoms with Crippen LogP contribution in [0.4, 0.5) is 0 Å². The van der Waals surface area contributed by atoms with Gasteiger partial charge in [-0.3, -0.25) is 19.2 Å². The minimum absolute atomic E-state index is 0.0150. The lowest BCUT2D eigenvalue weighted by Crippen LogP contribution is -2.63. The van der Waals surface area contributed by atoms with Crippen LogP contribution in [0.5, 0.6) is 17.2 Å². The van der Waals surface area contributed by atoms with Gasteiger partial charge in [0.1, 0.15) is 18.5 Å². The van der Waals surface area contributed by atoms with Crippen LogP contribution in [0, 0.1) is 0 Å². The molecule has 1 saturated heterocycles. The Hall–Kier alpha value is -4.70. The van der Waals surface area contributed by atoms with Gasteiger partial charge in [-0.2, -0.15) is 8.57 Å². The number of halogens is 1. The molecular formula is C35H45BrN4O16S. The van der Waals surface area contributed by atoms with Crippen molar-refractivity contribution in [2.45, 2.75) is 63.7 Å². The summed E-state index contributed by atoms with van der Waals surface area (Å²) >= 11 is 3.38. The van der Waals surface area contributed by atoms with Gasteiger partial charge in [0, 0.05) is 44.5 Å². The normalized spacial score (nSPS) is 19.8. The molecule has 0 N–H and O–H groups in total. The molecule has 0 amide bonds.